The summed E-state index contributed by atoms with van der Waals surface area (Å²) in [5.41, 5.74) is -5.45. The summed E-state index contributed by atoms with van der Waals surface area (Å²) in [5.74, 6) is -3.66. The Bertz CT molecular complexity index is 705. The van der Waals surface area contributed by atoms with Gasteiger partial charge in [-0.2, -0.15) is 17.6 Å². The zero-order valence-electron chi connectivity index (χ0n) is 11.2. The third kappa shape index (κ3) is 2.69. The van der Waals surface area contributed by atoms with Crippen LogP contribution in [0.25, 0.3) is 0 Å². The number of nitrogens with zero attached hydrogens (tertiary/aromatic N) is 1. The van der Waals surface area contributed by atoms with E-state index in [2.05, 4.69) is 12.2 Å². The molecule has 1 saturated heterocycles. The maximum Gasteiger partial charge on any atom is 0.427 e. The number of aromatic amines is 1. The topological polar surface area (TPSA) is 87.5 Å². The number of aliphatic hydroxyl groups excluding tert-OH is 2. The van der Waals surface area contributed by atoms with Crippen molar-refractivity contribution >= 4 is 12.2 Å². The highest BCUT2D eigenvalue weighted by Crippen LogP contribution is 2.54. The van der Waals surface area contributed by atoms with E-state index in [4.69, 9.17) is 14.9 Å². The van der Waals surface area contributed by atoms with Gasteiger partial charge in [-0.3, -0.25) is 14.3 Å². The number of hydrogen-bond donors (Lipinski definition) is 3. The third-order valence-corrected chi connectivity index (χ3v) is 3.95. The number of ether oxygens (including phenoxy) is 1. The second-order valence-electron chi connectivity index (χ2n) is 4.91. The van der Waals surface area contributed by atoms with Gasteiger partial charge in [-0.1, -0.05) is 0 Å². The van der Waals surface area contributed by atoms with Crippen LogP contribution < -0.4 is 5.56 Å². The highest BCUT2D eigenvalue weighted by molar-refractivity contribution is 7.71. The first-order valence-electron chi connectivity index (χ1n) is 6.21. The van der Waals surface area contributed by atoms with Gasteiger partial charge in [0.15, 0.2) is 11.0 Å². The Morgan fingerprint density at radius 3 is 2.48 bits per heavy atom. The summed E-state index contributed by atoms with van der Waals surface area (Å²) in [5, 5.41) is 18.2. The number of halogens is 5. The highest BCUT2D eigenvalue weighted by atomic mass is 32.1. The number of hydrogen-bond acceptors (Lipinski definition) is 5. The van der Waals surface area contributed by atoms with E-state index in [9.17, 15) is 26.7 Å². The lowest BCUT2D eigenvalue weighted by molar-refractivity contribution is -0.269. The van der Waals surface area contributed by atoms with Crippen LogP contribution in [-0.2, 0) is 4.74 Å². The maximum absolute atomic E-state index is 14.9. The molecule has 0 aliphatic carbocycles. The smallest absolute Gasteiger partial charge is 0.396 e. The van der Waals surface area contributed by atoms with Crippen molar-refractivity contribution in [1.82, 2.24) is 9.55 Å². The molecule has 0 spiro atoms. The largest absolute Gasteiger partial charge is 0.427 e. The van der Waals surface area contributed by atoms with Gasteiger partial charge in [-0.15, -0.1) is 0 Å². The minimum atomic E-state index is -5.52. The molecule has 130 valence electrons. The molecule has 1 fully saturated rings. The quantitative estimate of drug-likeness (QED) is 0.547. The monoisotopic (exact) mass is 362 g/mol. The second kappa shape index (κ2) is 5.92. The molecule has 0 bridgehead atoms. The predicted octanol–water partition coefficient (Wildman–Crippen LogP) is 0.814. The van der Waals surface area contributed by atoms with Crippen LogP contribution in [0.5, 0.6) is 0 Å². The van der Waals surface area contributed by atoms with Crippen LogP contribution in [-0.4, -0.2) is 50.9 Å². The molecule has 2 unspecified atom stereocenters. The van der Waals surface area contributed by atoms with Crippen molar-refractivity contribution < 1.29 is 36.9 Å². The fourth-order valence-electron chi connectivity index (χ4n) is 2.49. The van der Waals surface area contributed by atoms with E-state index >= 15 is 0 Å². The van der Waals surface area contributed by atoms with Crippen molar-refractivity contribution in [2.45, 2.75) is 24.2 Å². The molecular formula is C11H11F5N2O4S. The van der Waals surface area contributed by atoms with E-state index < -0.39 is 59.5 Å². The van der Waals surface area contributed by atoms with E-state index in [-0.39, 0.29) is 10.8 Å². The molecule has 0 saturated carbocycles. The Morgan fingerprint density at radius 1 is 1.39 bits per heavy atom. The van der Waals surface area contributed by atoms with Gasteiger partial charge in [-0.25, -0.2) is 4.39 Å². The van der Waals surface area contributed by atoms with Gasteiger partial charge in [-0.05, 0) is 12.2 Å². The Morgan fingerprint density at radius 2 is 2.00 bits per heavy atom. The molecule has 2 heterocycles. The molecule has 3 N–H and O–H groups in total. The molecule has 0 aromatic carbocycles. The molecule has 1 aromatic rings. The summed E-state index contributed by atoms with van der Waals surface area (Å²) in [4.78, 5) is 12.8. The van der Waals surface area contributed by atoms with Crippen molar-refractivity contribution in [3.05, 3.63) is 27.1 Å². The van der Waals surface area contributed by atoms with Gasteiger partial charge in [0.25, 0.3) is 11.2 Å². The molecule has 1 aromatic heterocycles. The first-order valence-corrected chi connectivity index (χ1v) is 6.62. The minimum absolute atomic E-state index is 0.262. The number of rotatable bonds is 3. The molecule has 6 nitrogen and oxygen atoms in total. The van der Waals surface area contributed by atoms with E-state index in [1.807, 2.05) is 0 Å². The van der Waals surface area contributed by atoms with Gasteiger partial charge >= 0.3 is 6.18 Å². The van der Waals surface area contributed by atoms with Crippen molar-refractivity contribution in [2.24, 2.45) is 5.92 Å². The Kier molecular flexibility index (Phi) is 4.63. The number of H-pyrrole nitrogens is 1. The van der Waals surface area contributed by atoms with E-state index in [1.165, 1.54) is 0 Å². The van der Waals surface area contributed by atoms with Crippen LogP contribution >= 0.6 is 12.2 Å². The summed E-state index contributed by atoms with van der Waals surface area (Å²) in [6.45, 7) is -2.29. The Balaban J connectivity index is 2.67. The van der Waals surface area contributed by atoms with Crippen LogP contribution in [0.1, 0.15) is 6.23 Å². The Hall–Kier alpha value is -1.37. The molecule has 23 heavy (non-hydrogen) atoms. The van der Waals surface area contributed by atoms with Gasteiger partial charge in [0.1, 0.15) is 0 Å². The predicted molar refractivity (Wildman–Crippen MR) is 67.3 cm³/mol. The van der Waals surface area contributed by atoms with Crippen LogP contribution in [0.3, 0.4) is 0 Å². The summed E-state index contributed by atoms with van der Waals surface area (Å²) in [7, 11) is 0. The van der Waals surface area contributed by atoms with Crippen molar-refractivity contribution in [3.63, 3.8) is 0 Å². The van der Waals surface area contributed by atoms with Gasteiger partial charge in [0.05, 0.1) is 31.4 Å². The van der Waals surface area contributed by atoms with Crippen molar-refractivity contribution in [3.8, 4) is 0 Å². The lowest BCUT2D eigenvalue weighted by Crippen LogP contribution is -2.52. The summed E-state index contributed by atoms with van der Waals surface area (Å²) in [6.07, 6.45) is -9.46. The average Bonchev–Trinajstić information content (AvgIpc) is 2.75. The van der Waals surface area contributed by atoms with Crippen LogP contribution in [0.15, 0.2) is 11.0 Å². The van der Waals surface area contributed by atoms with Gasteiger partial charge in [0, 0.05) is 0 Å². The number of aromatic nitrogens is 2. The molecule has 12 heteroatoms. The van der Waals surface area contributed by atoms with Crippen molar-refractivity contribution in [2.75, 3.05) is 13.2 Å². The minimum Gasteiger partial charge on any atom is -0.396 e. The zero-order valence-corrected chi connectivity index (χ0v) is 12.0. The van der Waals surface area contributed by atoms with Gasteiger partial charge in [0.2, 0.25) is 5.82 Å². The molecule has 1 aliphatic heterocycles. The zero-order chi connectivity index (χ0) is 17.6. The molecule has 4 atom stereocenters. The molecule has 2 rings (SSSR count). The maximum atomic E-state index is 14.9. The first-order chi connectivity index (χ1) is 10.6. The number of nitrogens with one attached hydrogen (secondary N) is 1. The number of aliphatic hydroxyl groups is 2. The summed E-state index contributed by atoms with van der Waals surface area (Å²) in [6, 6.07) is 0. The van der Waals surface area contributed by atoms with Gasteiger partial charge < -0.3 is 14.9 Å². The van der Waals surface area contributed by atoms with Crippen LogP contribution in [0, 0.1) is 16.5 Å². The lowest BCUT2D eigenvalue weighted by Gasteiger charge is -2.32. The number of alkyl halides is 4. The standard InChI is InChI=1S/C11H11F5N2O4S/c12-5-1-18(9(23)17-7(5)21)8-10(13,11(14,15)16)4(2-19)6(3-20)22-8/h1,4,6,8,19-20H,2-3H2,(H,17,21,23)/t4?,6-,8-,10?/m1/s1. The normalized spacial score (nSPS) is 31.5. The fraction of sp³-hybridized carbons (Fsp3) is 0.636. The van der Waals surface area contributed by atoms with E-state index in [0.29, 0.717) is 0 Å². The molecule has 1 aliphatic rings. The molecule has 0 radical (unpaired) electrons. The van der Waals surface area contributed by atoms with Crippen LogP contribution in [0.2, 0.25) is 0 Å². The third-order valence-electron chi connectivity index (χ3n) is 3.64. The van der Waals surface area contributed by atoms with E-state index in [1.54, 1.807) is 4.98 Å². The highest BCUT2D eigenvalue weighted by Gasteiger charge is 2.72. The first kappa shape index (κ1) is 18.0. The SMILES string of the molecule is O=c1[nH]c(=S)n([C@@H]2O[C@H](CO)C(CO)C2(F)C(F)(F)F)cc1F. The summed E-state index contributed by atoms with van der Waals surface area (Å²) < 4.78 is 72.4. The van der Waals surface area contributed by atoms with E-state index in [0.717, 1.165) is 0 Å². The fourth-order valence-corrected chi connectivity index (χ4v) is 2.73. The summed E-state index contributed by atoms with van der Waals surface area (Å²) >= 11 is 4.61. The molecule has 0 amide bonds. The van der Waals surface area contributed by atoms with Crippen molar-refractivity contribution in [1.29, 1.82) is 0 Å². The lowest BCUT2D eigenvalue weighted by atomic mass is 9.86. The Labute approximate surface area is 130 Å². The van der Waals surface area contributed by atoms with Crippen LogP contribution in [0.4, 0.5) is 22.0 Å². The average molecular weight is 362 g/mol. The molecular weight excluding hydrogens is 351 g/mol. The second-order valence-corrected chi connectivity index (χ2v) is 5.29.